The Labute approximate surface area is 200 Å². The molecule has 0 atom stereocenters. The number of quaternary nitrogens is 2. The van der Waals surface area contributed by atoms with Gasteiger partial charge in [-0.25, -0.2) is 0 Å². The molecule has 33 heavy (non-hydrogen) atoms. The zero-order chi connectivity index (χ0) is 23.5. The van der Waals surface area contributed by atoms with Crippen LogP contribution in [-0.4, -0.2) is 64.3 Å². The van der Waals surface area contributed by atoms with Crippen molar-refractivity contribution in [3.8, 4) is 0 Å². The highest BCUT2D eigenvalue weighted by molar-refractivity contribution is 5.93. The molecule has 0 spiro atoms. The lowest BCUT2D eigenvalue weighted by molar-refractivity contribution is -1.01. The summed E-state index contributed by atoms with van der Waals surface area (Å²) in [5.74, 6) is 0.835. The van der Waals surface area contributed by atoms with Crippen molar-refractivity contribution in [1.29, 1.82) is 0 Å². The van der Waals surface area contributed by atoms with Crippen molar-refractivity contribution in [3.63, 3.8) is 0 Å². The summed E-state index contributed by atoms with van der Waals surface area (Å²) < 4.78 is 5.22. The molecule has 3 rings (SSSR count). The molecule has 6 heteroatoms. The van der Waals surface area contributed by atoms with E-state index < -0.39 is 0 Å². The number of ether oxygens (including phenoxy) is 1. The van der Waals surface area contributed by atoms with Gasteiger partial charge in [0, 0.05) is 25.1 Å². The number of benzene rings is 1. The van der Waals surface area contributed by atoms with Gasteiger partial charge in [-0.3, -0.25) is 9.59 Å². The number of hydrogen-bond acceptors (Lipinski definition) is 3. The van der Waals surface area contributed by atoms with Crippen LogP contribution in [0.1, 0.15) is 76.7 Å². The van der Waals surface area contributed by atoms with Crippen molar-refractivity contribution in [1.82, 2.24) is 0 Å². The van der Waals surface area contributed by atoms with Crippen LogP contribution in [0.2, 0.25) is 0 Å². The molecule has 1 amide bonds. The smallest absolute Gasteiger partial charge is 0.305 e. The van der Waals surface area contributed by atoms with Gasteiger partial charge >= 0.3 is 5.97 Å². The van der Waals surface area contributed by atoms with Gasteiger partial charge in [0.1, 0.15) is 39.3 Å². The Morgan fingerprint density at radius 1 is 0.909 bits per heavy atom. The van der Waals surface area contributed by atoms with Gasteiger partial charge in [-0.15, -0.1) is 0 Å². The standard InChI is InChI=1S/C27H43N3O3/c1-3-26(31)30(25-13-11-24(12-14-25)23-9-5-6-10-23)16-8-7-15-28-17-19-29(20-18-28)21-22-33-27(32)4-2/h11-14,23H,3-10,15-22H2,1-2H3/p+2. The molecular formula is C27H45N3O3+2. The molecule has 1 aliphatic carbocycles. The average Bonchev–Trinajstić information content (AvgIpc) is 3.39. The van der Waals surface area contributed by atoms with E-state index in [9.17, 15) is 9.59 Å². The zero-order valence-electron chi connectivity index (χ0n) is 20.9. The van der Waals surface area contributed by atoms with E-state index >= 15 is 0 Å². The summed E-state index contributed by atoms with van der Waals surface area (Å²) >= 11 is 0. The molecule has 184 valence electrons. The van der Waals surface area contributed by atoms with Gasteiger partial charge in [-0.1, -0.05) is 38.8 Å². The van der Waals surface area contributed by atoms with E-state index in [0.717, 1.165) is 44.7 Å². The lowest BCUT2D eigenvalue weighted by atomic mass is 9.97. The highest BCUT2D eigenvalue weighted by atomic mass is 16.5. The average molecular weight is 460 g/mol. The summed E-state index contributed by atoms with van der Waals surface area (Å²) in [6, 6.07) is 8.81. The van der Waals surface area contributed by atoms with E-state index in [-0.39, 0.29) is 11.9 Å². The maximum absolute atomic E-state index is 12.6. The number of carbonyl (C=O) groups excluding carboxylic acids is 2. The maximum atomic E-state index is 12.6. The van der Waals surface area contributed by atoms with Crippen LogP contribution in [0.5, 0.6) is 0 Å². The van der Waals surface area contributed by atoms with Gasteiger partial charge < -0.3 is 19.4 Å². The molecule has 1 aliphatic heterocycles. The van der Waals surface area contributed by atoms with E-state index in [1.54, 1.807) is 9.80 Å². The van der Waals surface area contributed by atoms with Gasteiger partial charge in [0.15, 0.2) is 0 Å². The maximum Gasteiger partial charge on any atom is 0.305 e. The Hall–Kier alpha value is -1.92. The molecule has 0 bridgehead atoms. The van der Waals surface area contributed by atoms with Crippen LogP contribution in [0.4, 0.5) is 5.69 Å². The van der Waals surface area contributed by atoms with Crippen LogP contribution < -0.4 is 14.7 Å². The quantitative estimate of drug-likeness (QED) is 0.369. The Bertz CT molecular complexity index is 723. The zero-order valence-corrected chi connectivity index (χ0v) is 20.9. The number of amides is 1. The molecule has 6 nitrogen and oxygen atoms in total. The number of nitrogens with zero attached hydrogens (tertiary/aromatic N) is 1. The molecule has 0 radical (unpaired) electrons. The van der Waals surface area contributed by atoms with E-state index in [2.05, 4.69) is 24.3 Å². The first-order valence-corrected chi connectivity index (χ1v) is 13.3. The van der Waals surface area contributed by atoms with Crippen molar-refractivity contribution >= 4 is 17.6 Å². The second kappa shape index (κ2) is 13.7. The molecule has 1 aromatic rings. The fourth-order valence-corrected chi connectivity index (χ4v) is 5.29. The summed E-state index contributed by atoms with van der Waals surface area (Å²) in [6.45, 7) is 11.9. The minimum absolute atomic E-state index is 0.0981. The number of piperazine rings is 1. The number of carbonyl (C=O) groups is 2. The Balaban J connectivity index is 1.37. The second-order valence-electron chi connectivity index (χ2n) is 9.75. The summed E-state index contributed by atoms with van der Waals surface area (Å²) in [6.07, 6.45) is 8.51. The van der Waals surface area contributed by atoms with Crippen molar-refractivity contribution in [3.05, 3.63) is 29.8 Å². The highest BCUT2D eigenvalue weighted by Gasteiger charge is 2.23. The molecule has 0 aromatic heterocycles. The lowest BCUT2D eigenvalue weighted by Crippen LogP contribution is -3.28. The molecule has 1 heterocycles. The normalized spacial score (nSPS) is 21.2. The molecule has 2 N–H and O–H groups in total. The summed E-state index contributed by atoms with van der Waals surface area (Å²) in [5, 5.41) is 0. The van der Waals surface area contributed by atoms with Crippen molar-refractivity contribution in [2.75, 3.05) is 57.3 Å². The number of hydrogen-bond donors (Lipinski definition) is 2. The minimum Gasteiger partial charge on any atom is -0.460 e. The summed E-state index contributed by atoms with van der Waals surface area (Å²) in [4.78, 5) is 29.1. The van der Waals surface area contributed by atoms with E-state index in [1.165, 1.54) is 50.9 Å². The van der Waals surface area contributed by atoms with Crippen molar-refractivity contribution in [2.24, 2.45) is 0 Å². The Morgan fingerprint density at radius 2 is 1.55 bits per heavy atom. The molecular weight excluding hydrogens is 414 g/mol. The Kier molecular flexibility index (Phi) is 10.7. The lowest BCUT2D eigenvalue weighted by Gasteiger charge is -2.30. The van der Waals surface area contributed by atoms with Gasteiger partial charge in [0.05, 0.1) is 6.54 Å². The molecule has 2 fully saturated rings. The first kappa shape index (κ1) is 25.7. The fourth-order valence-electron chi connectivity index (χ4n) is 5.29. The van der Waals surface area contributed by atoms with E-state index in [1.807, 2.05) is 18.7 Å². The number of unbranched alkanes of at least 4 members (excludes halogenated alkanes) is 1. The third-order valence-electron chi connectivity index (χ3n) is 7.47. The molecule has 1 saturated heterocycles. The fraction of sp³-hybridized carbons (Fsp3) is 0.704. The van der Waals surface area contributed by atoms with Crippen LogP contribution in [0.3, 0.4) is 0 Å². The third-order valence-corrected chi connectivity index (χ3v) is 7.47. The topological polar surface area (TPSA) is 55.5 Å². The molecule has 0 unspecified atom stereocenters. The van der Waals surface area contributed by atoms with Crippen LogP contribution in [0, 0.1) is 0 Å². The van der Waals surface area contributed by atoms with E-state index in [4.69, 9.17) is 4.74 Å². The van der Waals surface area contributed by atoms with Crippen LogP contribution in [0.15, 0.2) is 24.3 Å². The van der Waals surface area contributed by atoms with Crippen LogP contribution >= 0.6 is 0 Å². The van der Waals surface area contributed by atoms with Gasteiger partial charge in [-0.2, -0.15) is 0 Å². The monoisotopic (exact) mass is 459 g/mol. The first-order chi connectivity index (χ1) is 16.1. The third kappa shape index (κ3) is 8.11. The summed E-state index contributed by atoms with van der Waals surface area (Å²) in [7, 11) is 0. The van der Waals surface area contributed by atoms with Crippen LogP contribution in [-0.2, 0) is 14.3 Å². The molecule has 1 aromatic carbocycles. The molecule has 2 aliphatic rings. The number of anilines is 1. The predicted molar refractivity (Wildman–Crippen MR) is 132 cm³/mol. The van der Waals surface area contributed by atoms with Gasteiger partial charge in [0.2, 0.25) is 5.91 Å². The highest BCUT2D eigenvalue weighted by Crippen LogP contribution is 2.34. The van der Waals surface area contributed by atoms with Crippen LogP contribution in [0.25, 0.3) is 0 Å². The number of rotatable bonds is 12. The number of nitrogens with one attached hydrogen (secondary N) is 2. The SMILES string of the molecule is CCC(=O)OCC[NH+]1CC[NH+](CCCCN(C(=O)CC)c2ccc(C3CCCC3)cc2)CC1. The first-order valence-electron chi connectivity index (χ1n) is 13.3. The van der Waals surface area contributed by atoms with Crippen molar-refractivity contribution < 1.29 is 24.1 Å². The predicted octanol–water partition coefficient (Wildman–Crippen LogP) is 1.60. The van der Waals surface area contributed by atoms with E-state index in [0.29, 0.717) is 25.4 Å². The van der Waals surface area contributed by atoms with Gasteiger partial charge in [-0.05, 0) is 49.3 Å². The number of esters is 1. The summed E-state index contributed by atoms with van der Waals surface area (Å²) in [5.41, 5.74) is 2.49. The molecule has 1 saturated carbocycles. The second-order valence-corrected chi connectivity index (χ2v) is 9.75. The van der Waals surface area contributed by atoms with Crippen molar-refractivity contribution in [2.45, 2.75) is 71.1 Å². The van der Waals surface area contributed by atoms with Gasteiger partial charge in [0.25, 0.3) is 0 Å². The largest absolute Gasteiger partial charge is 0.460 e. The minimum atomic E-state index is -0.0981. The Morgan fingerprint density at radius 3 is 2.15 bits per heavy atom.